The van der Waals surface area contributed by atoms with Gasteiger partial charge < -0.3 is 14.2 Å². The van der Waals surface area contributed by atoms with E-state index in [-0.39, 0.29) is 31.1 Å². The highest BCUT2D eigenvalue weighted by Crippen LogP contribution is 2.18. The second-order valence-corrected chi connectivity index (χ2v) is 23.4. The number of carbonyl (C=O) groups is 3. The fraction of sp³-hybridized carbons (Fsp3) is 0.873. The van der Waals surface area contributed by atoms with E-state index in [1.807, 2.05) is 0 Å². The van der Waals surface area contributed by atoms with E-state index in [0.717, 1.165) is 70.6 Å². The van der Waals surface area contributed by atoms with Gasteiger partial charge in [0.05, 0.1) is 0 Å². The van der Waals surface area contributed by atoms with Crippen LogP contribution < -0.4 is 0 Å². The Hall–Kier alpha value is -2.37. The summed E-state index contributed by atoms with van der Waals surface area (Å²) in [7, 11) is 0. The second kappa shape index (κ2) is 66.1. The Morgan fingerprint density at radius 1 is 0.260 bits per heavy atom. The Morgan fingerprint density at radius 3 is 0.727 bits per heavy atom. The van der Waals surface area contributed by atoms with Gasteiger partial charge in [-0.05, 0) is 77.0 Å². The molecular weight excluding hydrogens is 949 g/mol. The molecule has 0 heterocycles. The summed E-state index contributed by atoms with van der Waals surface area (Å²) >= 11 is 0. The van der Waals surface area contributed by atoms with Gasteiger partial charge in [0.1, 0.15) is 13.2 Å². The molecule has 0 aliphatic heterocycles. The summed E-state index contributed by atoms with van der Waals surface area (Å²) in [5, 5.41) is 0. The Labute approximate surface area is 480 Å². The van der Waals surface area contributed by atoms with Gasteiger partial charge in [-0.25, -0.2) is 0 Å². The van der Waals surface area contributed by atoms with Crippen LogP contribution in [0, 0.1) is 0 Å². The molecule has 452 valence electrons. The molecule has 0 aromatic heterocycles. The molecule has 0 fully saturated rings. The molecule has 0 N–H and O–H groups in total. The van der Waals surface area contributed by atoms with Crippen LogP contribution in [0.1, 0.15) is 380 Å². The summed E-state index contributed by atoms with van der Waals surface area (Å²) in [5.41, 5.74) is 0. The lowest BCUT2D eigenvalue weighted by atomic mass is 10.0. The molecule has 0 rings (SSSR count). The zero-order valence-corrected chi connectivity index (χ0v) is 52.0. The van der Waals surface area contributed by atoms with Crippen LogP contribution in [0.4, 0.5) is 0 Å². The highest BCUT2D eigenvalue weighted by molar-refractivity contribution is 5.71. The van der Waals surface area contributed by atoms with Crippen LogP contribution in [0.15, 0.2) is 36.5 Å². The third kappa shape index (κ3) is 64.3. The van der Waals surface area contributed by atoms with Crippen molar-refractivity contribution in [2.24, 2.45) is 0 Å². The quantitative estimate of drug-likeness (QED) is 0.0261. The van der Waals surface area contributed by atoms with Gasteiger partial charge in [-0.1, -0.05) is 320 Å². The number of esters is 3. The van der Waals surface area contributed by atoms with Gasteiger partial charge in [0.15, 0.2) is 6.10 Å². The molecule has 0 saturated heterocycles. The topological polar surface area (TPSA) is 78.9 Å². The highest BCUT2D eigenvalue weighted by Gasteiger charge is 2.19. The van der Waals surface area contributed by atoms with E-state index in [2.05, 4.69) is 57.2 Å². The third-order valence-electron chi connectivity index (χ3n) is 15.6. The molecule has 0 saturated carbocycles. The molecule has 0 radical (unpaired) electrons. The average molecular weight is 1080 g/mol. The summed E-state index contributed by atoms with van der Waals surface area (Å²) in [6.07, 6.45) is 81.9. The standard InChI is InChI=1S/C71H132O6/c1-4-7-10-13-16-19-22-24-26-28-29-30-31-32-33-34-35-36-37-38-39-40-41-42-43-44-46-47-49-52-55-58-61-64-70(73)76-67-68(66-75-69(72)63-60-57-54-51-21-18-15-12-9-6-3)77-71(74)65-62-59-56-53-50-48-45-27-25-23-20-17-14-11-8-5-2/h22,24,27-29,45,68H,4-21,23,25-26,30-44,46-67H2,1-3H3/b24-22-,29-28-,45-27-. The maximum atomic E-state index is 12.9. The molecule has 0 amide bonds. The van der Waals surface area contributed by atoms with Crippen molar-refractivity contribution in [3.8, 4) is 0 Å². The predicted molar refractivity (Wildman–Crippen MR) is 335 cm³/mol. The van der Waals surface area contributed by atoms with E-state index in [9.17, 15) is 14.4 Å². The number of rotatable bonds is 64. The molecule has 6 nitrogen and oxygen atoms in total. The van der Waals surface area contributed by atoms with Crippen molar-refractivity contribution in [1.29, 1.82) is 0 Å². The zero-order valence-electron chi connectivity index (χ0n) is 52.0. The first-order valence-corrected chi connectivity index (χ1v) is 34.5. The van der Waals surface area contributed by atoms with E-state index in [4.69, 9.17) is 14.2 Å². The smallest absolute Gasteiger partial charge is 0.306 e. The van der Waals surface area contributed by atoms with Crippen LogP contribution in [-0.2, 0) is 28.6 Å². The van der Waals surface area contributed by atoms with Crippen molar-refractivity contribution >= 4 is 17.9 Å². The van der Waals surface area contributed by atoms with Crippen molar-refractivity contribution in [2.75, 3.05) is 13.2 Å². The summed E-state index contributed by atoms with van der Waals surface area (Å²) in [4.78, 5) is 38.2. The number of unbranched alkanes of at least 4 members (excludes halogenated alkanes) is 47. The Morgan fingerprint density at radius 2 is 0.468 bits per heavy atom. The molecule has 77 heavy (non-hydrogen) atoms. The van der Waals surface area contributed by atoms with Gasteiger partial charge in [0, 0.05) is 19.3 Å². The minimum atomic E-state index is -0.772. The second-order valence-electron chi connectivity index (χ2n) is 23.4. The van der Waals surface area contributed by atoms with Gasteiger partial charge in [-0.15, -0.1) is 0 Å². The predicted octanol–water partition coefficient (Wildman–Crippen LogP) is 23.6. The summed E-state index contributed by atoms with van der Waals surface area (Å²) in [6.45, 7) is 6.66. The lowest BCUT2D eigenvalue weighted by molar-refractivity contribution is -0.167. The van der Waals surface area contributed by atoms with Gasteiger partial charge in [0.25, 0.3) is 0 Å². The Kier molecular flexibility index (Phi) is 64.1. The van der Waals surface area contributed by atoms with Crippen molar-refractivity contribution in [2.45, 2.75) is 386 Å². The molecule has 1 unspecified atom stereocenters. The minimum absolute atomic E-state index is 0.0696. The van der Waals surface area contributed by atoms with Crippen LogP contribution in [0.25, 0.3) is 0 Å². The first-order valence-electron chi connectivity index (χ1n) is 34.5. The van der Waals surface area contributed by atoms with Crippen LogP contribution in [0.5, 0.6) is 0 Å². The summed E-state index contributed by atoms with van der Waals surface area (Å²) < 4.78 is 16.9. The number of allylic oxidation sites excluding steroid dienone is 6. The van der Waals surface area contributed by atoms with E-state index in [0.29, 0.717) is 19.3 Å². The first kappa shape index (κ1) is 74.6. The van der Waals surface area contributed by atoms with Crippen molar-refractivity contribution in [3.63, 3.8) is 0 Å². The van der Waals surface area contributed by atoms with E-state index >= 15 is 0 Å². The minimum Gasteiger partial charge on any atom is -0.462 e. The maximum Gasteiger partial charge on any atom is 0.306 e. The first-order chi connectivity index (χ1) is 38.0. The molecule has 0 aliphatic carbocycles. The van der Waals surface area contributed by atoms with Gasteiger partial charge in [-0.3, -0.25) is 14.4 Å². The van der Waals surface area contributed by atoms with E-state index in [1.165, 1.54) is 270 Å². The lowest BCUT2D eigenvalue weighted by Gasteiger charge is -2.18. The van der Waals surface area contributed by atoms with Crippen LogP contribution in [-0.4, -0.2) is 37.2 Å². The van der Waals surface area contributed by atoms with Crippen LogP contribution in [0.2, 0.25) is 0 Å². The molecule has 0 spiro atoms. The highest BCUT2D eigenvalue weighted by atomic mass is 16.6. The van der Waals surface area contributed by atoms with Crippen molar-refractivity contribution in [3.05, 3.63) is 36.5 Å². The number of ether oxygens (including phenoxy) is 3. The molecule has 6 heteroatoms. The maximum absolute atomic E-state index is 12.9. The number of hydrogen-bond donors (Lipinski definition) is 0. The third-order valence-corrected chi connectivity index (χ3v) is 15.6. The van der Waals surface area contributed by atoms with Crippen molar-refractivity contribution < 1.29 is 28.6 Å². The zero-order chi connectivity index (χ0) is 55.7. The molecule has 0 aromatic carbocycles. The van der Waals surface area contributed by atoms with E-state index in [1.54, 1.807) is 0 Å². The summed E-state index contributed by atoms with van der Waals surface area (Å²) in [6, 6.07) is 0. The fourth-order valence-corrected chi connectivity index (χ4v) is 10.4. The average Bonchev–Trinajstić information content (AvgIpc) is 3.43. The Bertz CT molecular complexity index is 1290. The van der Waals surface area contributed by atoms with Crippen molar-refractivity contribution in [1.82, 2.24) is 0 Å². The monoisotopic (exact) mass is 1080 g/mol. The van der Waals surface area contributed by atoms with Crippen LogP contribution in [0.3, 0.4) is 0 Å². The SMILES string of the molecule is CCCCCCC/C=C\C/C=C\CCCCCCCCCCCCCCCCCCCCCCCC(=O)OCC(COC(=O)CCCCCCCCCCCC)OC(=O)CCCCCCC/C=C\CCCCCCCCC. The summed E-state index contributed by atoms with van der Waals surface area (Å²) in [5.74, 6) is -0.855. The molecule has 1 atom stereocenters. The molecular formula is C71H132O6. The molecule has 0 bridgehead atoms. The van der Waals surface area contributed by atoms with Crippen LogP contribution >= 0.6 is 0 Å². The number of hydrogen-bond acceptors (Lipinski definition) is 6. The normalized spacial score (nSPS) is 12.2. The largest absolute Gasteiger partial charge is 0.462 e. The van der Waals surface area contributed by atoms with E-state index < -0.39 is 6.10 Å². The number of carbonyl (C=O) groups excluding carboxylic acids is 3. The molecule has 0 aliphatic rings. The lowest BCUT2D eigenvalue weighted by Crippen LogP contribution is -2.30. The molecule has 0 aromatic rings. The van der Waals surface area contributed by atoms with Gasteiger partial charge >= 0.3 is 17.9 Å². The fourth-order valence-electron chi connectivity index (χ4n) is 10.4. The van der Waals surface area contributed by atoms with Gasteiger partial charge in [0.2, 0.25) is 0 Å². The Balaban J connectivity index is 4.04. The van der Waals surface area contributed by atoms with Gasteiger partial charge in [-0.2, -0.15) is 0 Å².